The number of likely N-dealkylation sites (tertiary alicyclic amines) is 1. The largest absolute Gasteiger partial charge is 0.481 e. The summed E-state index contributed by atoms with van der Waals surface area (Å²) in [5, 5.41) is 5.24. The Hall–Kier alpha value is -3.40. The molecule has 1 unspecified atom stereocenters. The van der Waals surface area contributed by atoms with Gasteiger partial charge in [0.15, 0.2) is 0 Å². The van der Waals surface area contributed by atoms with Gasteiger partial charge in [0.05, 0.1) is 25.3 Å². The van der Waals surface area contributed by atoms with E-state index in [9.17, 15) is 22.8 Å². The zero-order valence-corrected chi connectivity index (χ0v) is 19.3. The zero-order valence-electron chi connectivity index (χ0n) is 19.3. The lowest BCUT2D eigenvalue weighted by molar-refractivity contribution is -0.137. The van der Waals surface area contributed by atoms with Gasteiger partial charge in [-0.1, -0.05) is 12.1 Å². The second-order valence-corrected chi connectivity index (χ2v) is 8.73. The Morgan fingerprint density at radius 2 is 2.00 bits per heavy atom. The molecule has 1 atom stereocenters. The number of carbonyl (C=O) groups is 2. The van der Waals surface area contributed by atoms with Crippen LogP contribution in [0.4, 0.5) is 13.2 Å². The van der Waals surface area contributed by atoms with Gasteiger partial charge >= 0.3 is 6.18 Å². The van der Waals surface area contributed by atoms with Crippen LogP contribution in [0.3, 0.4) is 0 Å². The highest BCUT2D eigenvalue weighted by atomic mass is 19.4. The average Bonchev–Trinajstić information content (AvgIpc) is 2.84. The predicted octanol–water partition coefficient (Wildman–Crippen LogP) is 3.28. The lowest BCUT2D eigenvalue weighted by Gasteiger charge is -2.45. The molecule has 0 radical (unpaired) electrons. The standard InChI is InChI=1S/C25H27F3N4O3/c1-35-23-10-7-18(12-29-23)16-5-8-21(9-6-16)32-14-20(15-32)31-22(33)13-30-24(34)17-3-2-4-19(11-17)25(26,27)28/h2-5,7,10-12,20-21H,6,8-9,13-15H2,1H3,(H,30,34)(H,31,33). The van der Waals surface area contributed by atoms with E-state index in [0.717, 1.165) is 56.1 Å². The number of nitrogens with one attached hydrogen (secondary N) is 2. The summed E-state index contributed by atoms with van der Waals surface area (Å²) in [7, 11) is 1.59. The maximum atomic E-state index is 12.8. The van der Waals surface area contributed by atoms with Gasteiger partial charge in [0.1, 0.15) is 0 Å². The van der Waals surface area contributed by atoms with Crippen molar-refractivity contribution in [2.75, 3.05) is 26.7 Å². The number of benzene rings is 1. The first-order valence-electron chi connectivity index (χ1n) is 11.4. The Bertz CT molecular complexity index is 1100. The molecule has 7 nitrogen and oxygen atoms in total. The Balaban J connectivity index is 1.18. The van der Waals surface area contributed by atoms with Crippen LogP contribution < -0.4 is 15.4 Å². The molecular weight excluding hydrogens is 461 g/mol. The average molecular weight is 489 g/mol. The molecule has 0 bridgehead atoms. The third kappa shape index (κ3) is 6.19. The summed E-state index contributed by atoms with van der Waals surface area (Å²) in [5.41, 5.74) is 1.33. The third-order valence-electron chi connectivity index (χ3n) is 6.35. The number of alkyl halides is 3. The van der Waals surface area contributed by atoms with E-state index in [2.05, 4.69) is 26.6 Å². The van der Waals surface area contributed by atoms with Gasteiger partial charge in [-0.2, -0.15) is 13.2 Å². The number of halogens is 3. The fourth-order valence-electron chi connectivity index (χ4n) is 4.39. The number of methoxy groups -OCH3 is 1. The summed E-state index contributed by atoms with van der Waals surface area (Å²) < 4.78 is 43.5. The fraction of sp³-hybridized carbons (Fsp3) is 0.400. The molecule has 2 amide bonds. The number of hydrogen-bond donors (Lipinski definition) is 2. The number of nitrogens with zero attached hydrogens (tertiary/aromatic N) is 2. The minimum Gasteiger partial charge on any atom is -0.481 e. The van der Waals surface area contributed by atoms with Gasteiger partial charge in [-0.25, -0.2) is 4.98 Å². The van der Waals surface area contributed by atoms with E-state index in [1.807, 2.05) is 18.3 Å². The van der Waals surface area contributed by atoms with Crippen LogP contribution in [0.1, 0.15) is 40.7 Å². The van der Waals surface area contributed by atoms with Crippen LogP contribution in [-0.2, 0) is 11.0 Å². The van der Waals surface area contributed by atoms with Crippen molar-refractivity contribution in [3.05, 3.63) is 65.4 Å². The number of rotatable bonds is 7. The van der Waals surface area contributed by atoms with Crippen LogP contribution in [-0.4, -0.2) is 60.5 Å². The van der Waals surface area contributed by atoms with E-state index in [4.69, 9.17) is 4.74 Å². The number of hydrogen-bond acceptors (Lipinski definition) is 5. The Labute approximate surface area is 201 Å². The van der Waals surface area contributed by atoms with Crippen LogP contribution in [0.2, 0.25) is 0 Å². The highest BCUT2D eigenvalue weighted by Gasteiger charge is 2.34. The molecule has 0 spiro atoms. The normalized spacial score (nSPS) is 18.9. The van der Waals surface area contributed by atoms with Crippen LogP contribution in [0.25, 0.3) is 5.57 Å². The first-order valence-corrected chi connectivity index (χ1v) is 11.4. The Morgan fingerprint density at radius 1 is 1.20 bits per heavy atom. The monoisotopic (exact) mass is 488 g/mol. The molecule has 2 N–H and O–H groups in total. The molecule has 1 saturated heterocycles. The second kappa shape index (κ2) is 10.5. The van der Waals surface area contributed by atoms with Crippen LogP contribution >= 0.6 is 0 Å². The molecule has 2 aliphatic rings. The van der Waals surface area contributed by atoms with Gasteiger partial charge < -0.3 is 15.4 Å². The van der Waals surface area contributed by atoms with Crippen molar-refractivity contribution < 1.29 is 27.5 Å². The topological polar surface area (TPSA) is 83.6 Å². The van der Waals surface area contributed by atoms with Crippen molar-refractivity contribution in [1.29, 1.82) is 0 Å². The predicted molar refractivity (Wildman–Crippen MR) is 124 cm³/mol. The molecule has 186 valence electrons. The first-order chi connectivity index (χ1) is 16.7. The van der Waals surface area contributed by atoms with Crippen LogP contribution in [0.5, 0.6) is 5.88 Å². The second-order valence-electron chi connectivity index (χ2n) is 8.73. The maximum absolute atomic E-state index is 12.8. The minimum absolute atomic E-state index is 0.0101. The van der Waals surface area contributed by atoms with Crippen molar-refractivity contribution in [1.82, 2.24) is 20.5 Å². The quantitative estimate of drug-likeness (QED) is 0.625. The molecule has 1 fully saturated rings. The molecular formula is C25H27F3N4O3. The van der Waals surface area contributed by atoms with Crippen molar-refractivity contribution in [2.24, 2.45) is 0 Å². The maximum Gasteiger partial charge on any atom is 0.416 e. The number of carbonyl (C=O) groups excluding carboxylic acids is 2. The summed E-state index contributed by atoms with van der Waals surface area (Å²) in [4.78, 5) is 30.9. The van der Waals surface area contributed by atoms with Crippen LogP contribution in [0.15, 0.2) is 48.7 Å². The summed E-state index contributed by atoms with van der Waals surface area (Å²) >= 11 is 0. The lowest BCUT2D eigenvalue weighted by atomic mass is 9.88. The van der Waals surface area contributed by atoms with E-state index in [-0.39, 0.29) is 24.1 Å². The molecule has 35 heavy (non-hydrogen) atoms. The number of pyridine rings is 1. The van der Waals surface area contributed by atoms with E-state index in [1.165, 1.54) is 11.6 Å². The van der Waals surface area contributed by atoms with Gasteiger partial charge in [-0.15, -0.1) is 0 Å². The molecule has 1 aliphatic carbocycles. The molecule has 2 heterocycles. The van der Waals surface area contributed by atoms with Crippen molar-refractivity contribution >= 4 is 17.4 Å². The zero-order chi connectivity index (χ0) is 25.0. The van der Waals surface area contributed by atoms with Gasteiger partial charge in [-0.05, 0) is 54.7 Å². The number of amides is 2. The van der Waals surface area contributed by atoms with E-state index < -0.39 is 17.6 Å². The Morgan fingerprint density at radius 3 is 2.63 bits per heavy atom. The summed E-state index contributed by atoms with van der Waals surface area (Å²) in [6, 6.07) is 8.38. The molecule has 0 saturated carbocycles. The van der Waals surface area contributed by atoms with E-state index in [1.54, 1.807) is 7.11 Å². The highest BCUT2D eigenvalue weighted by molar-refractivity contribution is 5.96. The number of allylic oxidation sites excluding steroid dienone is 1. The van der Waals surface area contributed by atoms with Gasteiger partial charge in [-0.3, -0.25) is 14.5 Å². The van der Waals surface area contributed by atoms with Gasteiger partial charge in [0, 0.05) is 37.0 Å². The van der Waals surface area contributed by atoms with Gasteiger partial charge in [0.2, 0.25) is 11.8 Å². The smallest absolute Gasteiger partial charge is 0.416 e. The van der Waals surface area contributed by atoms with Crippen molar-refractivity contribution in [3.63, 3.8) is 0 Å². The highest BCUT2D eigenvalue weighted by Crippen LogP contribution is 2.31. The van der Waals surface area contributed by atoms with Crippen molar-refractivity contribution in [2.45, 2.75) is 37.5 Å². The summed E-state index contributed by atoms with van der Waals surface area (Å²) in [6.45, 7) is 1.16. The molecule has 10 heteroatoms. The molecule has 2 aromatic rings. The number of ether oxygens (including phenoxy) is 1. The number of aromatic nitrogens is 1. The van der Waals surface area contributed by atoms with E-state index >= 15 is 0 Å². The molecule has 1 aliphatic heterocycles. The summed E-state index contributed by atoms with van der Waals surface area (Å²) in [6.07, 6.45) is 2.43. The molecule has 1 aromatic carbocycles. The minimum atomic E-state index is -4.54. The first kappa shape index (κ1) is 24.7. The fourth-order valence-corrected chi connectivity index (χ4v) is 4.39. The summed E-state index contributed by atoms with van der Waals surface area (Å²) in [5.74, 6) is -0.502. The SMILES string of the molecule is COc1ccc(C2=CCC(N3CC(NC(=O)CNC(=O)c4cccc(C(F)(F)F)c4)C3)CC2)cn1. The molecule has 1 aromatic heterocycles. The molecule has 4 rings (SSSR count). The van der Waals surface area contributed by atoms with Gasteiger partial charge in [0.25, 0.3) is 5.91 Å². The van der Waals surface area contributed by atoms with Crippen molar-refractivity contribution in [3.8, 4) is 5.88 Å². The van der Waals surface area contributed by atoms with Crippen LogP contribution in [0, 0.1) is 0 Å². The van der Waals surface area contributed by atoms with E-state index in [0.29, 0.717) is 11.9 Å². The third-order valence-corrected chi connectivity index (χ3v) is 6.35. The Kier molecular flexibility index (Phi) is 7.39. The lowest BCUT2D eigenvalue weighted by Crippen LogP contribution is -2.63.